The predicted molar refractivity (Wildman–Crippen MR) is 50.3 cm³/mol. The lowest BCUT2D eigenvalue weighted by atomic mass is 9.76. The standard InChI is InChI=1S/C9H17NO4/c10-8-1-5(2-11)6(3-12)7(4-13)9(8)14/h1,6-9,11-14H,2-4,10H2. The van der Waals surface area contributed by atoms with Crippen molar-refractivity contribution in [3.8, 4) is 0 Å². The second kappa shape index (κ2) is 4.86. The number of nitrogens with two attached hydrogens (primary N) is 1. The average molecular weight is 203 g/mol. The Labute approximate surface area is 82.5 Å². The molecule has 0 radical (unpaired) electrons. The van der Waals surface area contributed by atoms with Crippen molar-refractivity contribution in [2.45, 2.75) is 12.1 Å². The second-order valence-corrected chi connectivity index (χ2v) is 3.60. The van der Waals surface area contributed by atoms with Gasteiger partial charge in [-0.05, 0) is 5.57 Å². The number of aliphatic hydroxyl groups is 4. The van der Waals surface area contributed by atoms with Crippen LogP contribution in [0.1, 0.15) is 0 Å². The van der Waals surface area contributed by atoms with Gasteiger partial charge in [-0.2, -0.15) is 0 Å². The minimum Gasteiger partial charge on any atom is -0.396 e. The van der Waals surface area contributed by atoms with Crippen molar-refractivity contribution < 1.29 is 20.4 Å². The molecule has 6 N–H and O–H groups in total. The van der Waals surface area contributed by atoms with Crippen molar-refractivity contribution in [1.29, 1.82) is 0 Å². The van der Waals surface area contributed by atoms with Gasteiger partial charge in [-0.25, -0.2) is 0 Å². The van der Waals surface area contributed by atoms with E-state index in [9.17, 15) is 5.11 Å². The highest BCUT2D eigenvalue weighted by Crippen LogP contribution is 2.29. The number of aliphatic hydroxyl groups excluding tert-OH is 4. The molecule has 0 amide bonds. The average Bonchev–Trinajstić information content (AvgIpc) is 2.20. The molecule has 14 heavy (non-hydrogen) atoms. The van der Waals surface area contributed by atoms with Crippen molar-refractivity contribution >= 4 is 0 Å². The highest BCUT2D eigenvalue weighted by Gasteiger charge is 2.36. The quantitative estimate of drug-likeness (QED) is 0.335. The van der Waals surface area contributed by atoms with Crippen LogP contribution in [0.2, 0.25) is 0 Å². The molecule has 0 fully saturated rings. The molecule has 4 atom stereocenters. The summed E-state index contributed by atoms with van der Waals surface area (Å²) in [4.78, 5) is 0. The highest BCUT2D eigenvalue weighted by atomic mass is 16.3. The third-order valence-corrected chi connectivity index (χ3v) is 2.82. The number of hydrogen-bond acceptors (Lipinski definition) is 5. The Morgan fingerprint density at radius 3 is 2.29 bits per heavy atom. The summed E-state index contributed by atoms with van der Waals surface area (Å²) in [5.41, 5.74) is 6.18. The Balaban J connectivity index is 2.91. The van der Waals surface area contributed by atoms with Crippen LogP contribution in [0.5, 0.6) is 0 Å². The maximum absolute atomic E-state index is 9.63. The molecule has 1 aliphatic rings. The van der Waals surface area contributed by atoms with E-state index in [1.54, 1.807) is 6.08 Å². The van der Waals surface area contributed by atoms with Crippen molar-refractivity contribution in [3.63, 3.8) is 0 Å². The van der Waals surface area contributed by atoms with Crippen LogP contribution in [0.25, 0.3) is 0 Å². The Morgan fingerprint density at radius 2 is 1.86 bits per heavy atom. The molecule has 5 heteroatoms. The molecule has 0 aliphatic heterocycles. The first-order valence-corrected chi connectivity index (χ1v) is 4.62. The van der Waals surface area contributed by atoms with Crippen LogP contribution in [-0.2, 0) is 0 Å². The number of rotatable bonds is 3. The largest absolute Gasteiger partial charge is 0.396 e. The zero-order valence-electron chi connectivity index (χ0n) is 7.87. The SMILES string of the molecule is NC1C=C(CO)C(CO)C(CO)C1O. The van der Waals surface area contributed by atoms with E-state index in [1.807, 2.05) is 0 Å². The Hall–Kier alpha value is -0.460. The monoisotopic (exact) mass is 203 g/mol. The predicted octanol–water partition coefficient (Wildman–Crippen LogP) is -2.18. The van der Waals surface area contributed by atoms with Crippen LogP contribution in [-0.4, -0.2) is 52.4 Å². The van der Waals surface area contributed by atoms with E-state index in [4.69, 9.17) is 21.1 Å². The lowest BCUT2D eigenvalue weighted by Crippen LogP contribution is -2.48. The van der Waals surface area contributed by atoms with E-state index in [1.165, 1.54) is 0 Å². The Kier molecular flexibility index (Phi) is 4.03. The summed E-state index contributed by atoms with van der Waals surface area (Å²) in [6.45, 7) is -0.666. The van der Waals surface area contributed by atoms with Crippen molar-refractivity contribution in [2.75, 3.05) is 19.8 Å². The normalized spacial score (nSPS) is 38.2. The van der Waals surface area contributed by atoms with E-state index in [-0.39, 0.29) is 19.8 Å². The summed E-state index contributed by atoms with van der Waals surface area (Å²) in [6.07, 6.45) is 0.685. The van der Waals surface area contributed by atoms with E-state index < -0.39 is 24.0 Å². The van der Waals surface area contributed by atoms with Gasteiger partial charge in [0, 0.05) is 24.5 Å². The van der Waals surface area contributed by atoms with Crippen LogP contribution in [0.3, 0.4) is 0 Å². The van der Waals surface area contributed by atoms with Gasteiger partial charge < -0.3 is 26.2 Å². The first-order chi connectivity index (χ1) is 6.65. The van der Waals surface area contributed by atoms with Gasteiger partial charge in [0.2, 0.25) is 0 Å². The Morgan fingerprint density at radius 1 is 1.21 bits per heavy atom. The van der Waals surface area contributed by atoms with E-state index in [0.717, 1.165) is 0 Å². The fourth-order valence-electron chi connectivity index (χ4n) is 1.93. The van der Waals surface area contributed by atoms with E-state index in [0.29, 0.717) is 5.57 Å². The molecule has 82 valence electrons. The molecular formula is C9H17NO4. The minimum atomic E-state index is -0.868. The van der Waals surface area contributed by atoms with Gasteiger partial charge >= 0.3 is 0 Å². The van der Waals surface area contributed by atoms with Crippen LogP contribution in [0.15, 0.2) is 11.6 Å². The fraction of sp³-hybridized carbons (Fsp3) is 0.778. The first kappa shape index (κ1) is 11.6. The molecule has 0 saturated carbocycles. The van der Waals surface area contributed by atoms with E-state index in [2.05, 4.69) is 0 Å². The minimum absolute atomic E-state index is 0.206. The summed E-state index contributed by atoms with van der Waals surface area (Å²) < 4.78 is 0. The van der Waals surface area contributed by atoms with Crippen LogP contribution in [0, 0.1) is 11.8 Å². The Bertz CT molecular complexity index is 219. The summed E-state index contributed by atoms with van der Waals surface area (Å²) in [6, 6.07) is -0.586. The fourth-order valence-corrected chi connectivity index (χ4v) is 1.93. The van der Waals surface area contributed by atoms with Gasteiger partial charge in [-0.1, -0.05) is 6.08 Å². The third kappa shape index (κ3) is 1.97. The lowest BCUT2D eigenvalue weighted by Gasteiger charge is -2.36. The van der Waals surface area contributed by atoms with Crippen LogP contribution in [0.4, 0.5) is 0 Å². The molecule has 0 aromatic heterocycles. The molecule has 0 heterocycles. The lowest BCUT2D eigenvalue weighted by molar-refractivity contribution is 0.00673. The van der Waals surface area contributed by atoms with Gasteiger partial charge in [0.15, 0.2) is 0 Å². The molecule has 0 bridgehead atoms. The maximum Gasteiger partial charge on any atom is 0.0783 e. The second-order valence-electron chi connectivity index (χ2n) is 3.60. The van der Waals surface area contributed by atoms with Crippen molar-refractivity contribution in [2.24, 2.45) is 17.6 Å². The molecule has 0 spiro atoms. The van der Waals surface area contributed by atoms with Gasteiger partial charge in [0.1, 0.15) is 0 Å². The number of hydrogen-bond donors (Lipinski definition) is 5. The maximum atomic E-state index is 9.63. The van der Waals surface area contributed by atoms with Crippen molar-refractivity contribution in [1.82, 2.24) is 0 Å². The molecule has 0 aromatic rings. The van der Waals surface area contributed by atoms with Gasteiger partial charge in [0.05, 0.1) is 19.3 Å². The summed E-state index contributed by atoms with van der Waals surface area (Å²) in [5, 5.41) is 36.8. The summed E-state index contributed by atoms with van der Waals surface area (Å²) in [5.74, 6) is -0.901. The van der Waals surface area contributed by atoms with Crippen LogP contribution >= 0.6 is 0 Å². The smallest absolute Gasteiger partial charge is 0.0783 e. The molecule has 0 saturated heterocycles. The van der Waals surface area contributed by atoms with E-state index >= 15 is 0 Å². The van der Waals surface area contributed by atoms with Gasteiger partial charge in [-0.15, -0.1) is 0 Å². The highest BCUT2D eigenvalue weighted by molar-refractivity contribution is 5.19. The molecule has 1 rings (SSSR count). The molecule has 4 unspecified atom stereocenters. The third-order valence-electron chi connectivity index (χ3n) is 2.82. The van der Waals surface area contributed by atoms with Gasteiger partial charge in [0.25, 0.3) is 0 Å². The van der Waals surface area contributed by atoms with Gasteiger partial charge in [-0.3, -0.25) is 0 Å². The van der Waals surface area contributed by atoms with Crippen molar-refractivity contribution in [3.05, 3.63) is 11.6 Å². The molecular weight excluding hydrogens is 186 g/mol. The summed E-state index contributed by atoms with van der Waals surface area (Å²) in [7, 11) is 0. The molecule has 0 aromatic carbocycles. The first-order valence-electron chi connectivity index (χ1n) is 4.62. The molecule has 1 aliphatic carbocycles. The topological polar surface area (TPSA) is 107 Å². The summed E-state index contributed by atoms with van der Waals surface area (Å²) >= 11 is 0. The molecule has 5 nitrogen and oxygen atoms in total. The zero-order valence-corrected chi connectivity index (χ0v) is 7.87. The van der Waals surface area contributed by atoms with Crippen LogP contribution < -0.4 is 5.73 Å². The zero-order chi connectivity index (χ0) is 10.7.